The van der Waals surface area contributed by atoms with Crippen molar-refractivity contribution < 1.29 is 4.74 Å². The van der Waals surface area contributed by atoms with Gasteiger partial charge < -0.3 is 10.1 Å². The van der Waals surface area contributed by atoms with E-state index in [9.17, 15) is 0 Å². The first-order valence-electron chi connectivity index (χ1n) is 7.22. The first-order chi connectivity index (χ1) is 9.90. The maximum atomic E-state index is 5.27. The molecule has 2 rings (SSSR count). The first-order valence-corrected chi connectivity index (χ1v) is 8.04. The third-order valence-corrected chi connectivity index (χ3v) is 4.79. The van der Waals surface area contributed by atoms with Crippen LogP contribution in [0.3, 0.4) is 0 Å². The molecule has 4 heteroatoms. The van der Waals surface area contributed by atoms with Crippen molar-refractivity contribution in [3.8, 4) is 5.75 Å². The van der Waals surface area contributed by atoms with Crippen LogP contribution in [0.1, 0.15) is 49.2 Å². The van der Waals surface area contributed by atoms with Crippen LogP contribution in [-0.4, -0.2) is 12.1 Å². The molecule has 1 aromatic heterocycles. The quantitative estimate of drug-likeness (QED) is 0.894. The molecule has 0 unspecified atom stereocenters. The molecule has 0 amide bonds. The molecular formula is C17H24N2OS. The Balaban J connectivity index is 1.97. The van der Waals surface area contributed by atoms with Crippen LogP contribution >= 0.6 is 11.3 Å². The Morgan fingerprint density at radius 3 is 2.71 bits per heavy atom. The van der Waals surface area contributed by atoms with Gasteiger partial charge in [0.15, 0.2) is 0 Å². The van der Waals surface area contributed by atoms with Crippen LogP contribution in [0.5, 0.6) is 5.75 Å². The molecule has 0 spiro atoms. The number of nitrogens with zero attached hydrogens (tertiary/aromatic N) is 1. The zero-order valence-electron chi connectivity index (χ0n) is 13.4. The van der Waals surface area contributed by atoms with Crippen molar-refractivity contribution in [2.75, 3.05) is 7.11 Å². The summed E-state index contributed by atoms with van der Waals surface area (Å²) in [4.78, 5) is 5.80. The number of hydrogen-bond donors (Lipinski definition) is 1. The summed E-state index contributed by atoms with van der Waals surface area (Å²) in [7, 11) is 1.70. The summed E-state index contributed by atoms with van der Waals surface area (Å²) in [5, 5.41) is 4.73. The van der Waals surface area contributed by atoms with Gasteiger partial charge in [-0.15, -0.1) is 11.3 Å². The molecule has 0 aliphatic heterocycles. The van der Waals surface area contributed by atoms with Crippen molar-refractivity contribution in [1.29, 1.82) is 0 Å². The first kappa shape index (κ1) is 16.0. The van der Waals surface area contributed by atoms with Crippen molar-refractivity contribution in [3.63, 3.8) is 0 Å². The van der Waals surface area contributed by atoms with Crippen LogP contribution < -0.4 is 10.1 Å². The minimum absolute atomic E-state index is 0.126. The van der Waals surface area contributed by atoms with Crippen LogP contribution in [-0.2, 0) is 12.0 Å². The minimum Gasteiger partial charge on any atom is -0.497 e. The third-order valence-electron chi connectivity index (χ3n) is 3.37. The van der Waals surface area contributed by atoms with Gasteiger partial charge in [-0.3, -0.25) is 0 Å². The van der Waals surface area contributed by atoms with E-state index in [0.29, 0.717) is 0 Å². The molecule has 0 fully saturated rings. The lowest BCUT2D eigenvalue weighted by atomic mass is 9.98. The van der Waals surface area contributed by atoms with Gasteiger partial charge in [0.05, 0.1) is 12.1 Å². The number of nitrogens with one attached hydrogen (secondary N) is 1. The van der Waals surface area contributed by atoms with Gasteiger partial charge in [-0.1, -0.05) is 32.9 Å². The molecule has 3 nitrogen and oxygen atoms in total. The molecule has 0 radical (unpaired) electrons. The second-order valence-electron chi connectivity index (χ2n) is 6.26. The predicted molar refractivity (Wildman–Crippen MR) is 89.1 cm³/mol. The fourth-order valence-corrected chi connectivity index (χ4v) is 2.94. The summed E-state index contributed by atoms with van der Waals surface area (Å²) in [6, 6.07) is 8.46. The van der Waals surface area contributed by atoms with Crippen LogP contribution in [0.25, 0.3) is 0 Å². The molecule has 1 N–H and O–H groups in total. The van der Waals surface area contributed by atoms with Crippen molar-refractivity contribution in [3.05, 3.63) is 45.9 Å². The van der Waals surface area contributed by atoms with E-state index >= 15 is 0 Å². The van der Waals surface area contributed by atoms with E-state index in [4.69, 9.17) is 4.74 Å². The second-order valence-corrected chi connectivity index (χ2v) is 7.38. The monoisotopic (exact) mass is 304 g/mol. The summed E-state index contributed by atoms with van der Waals surface area (Å²) in [5.74, 6) is 0.897. The molecular weight excluding hydrogens is 280 g/mol. The Morgan fingerprint density at radius 1 is 1.33 bits per heavy atom. The number of methoxy groups -OCH3 is 1. The van der Waals surface area contributed by atoms with E-state index in [-0.39, 0.29) is 11.5 Å². The molecule has 0 bridgehead atoms. The van der Waals surface area contributed by atoms with Gasteiger partial charge in [-0.25, -0.2) is 4.98 Å². The van der Waals surface area contributed by atoms with E-state index in [0.717, 1.165) is 12.3 Å². The van der Waals surface area contributed by atoms with Crippen molar-refractivity contribution in [1.82, 2.24) is 10.3 Å². The highest BCUT2D eigenvalue weighted by Gasteiger charge is 2.18. The average Bonchev–Trinajstić information content (AvgIpc) is 2.94. The fourth-order valence-electron chi connectivity index (χ4n) is 2.02. The number of aromatic nitrogens is 1. The molecule has 114 valence electrons. The van der Waals surface area contributed by atoms with E-state index in [2.05, 4.69) is 50.1 Å². The lowest BCUT2D eigenvalue weighted by Crippen LogP contribution is -2.17. The predicted octanol–water partition coefficient (Wildman–Crippen LogP) is 4.30. The summed E-state index contributed by atoms with van der Waals surface area (Å²) < 4.78 is 5.27. The Labute approximate surface area is 131 Å². The molecule has 21 heavy (non-hydrogen) atoms. The number of benzene rings is 1. The molecule has 0 aliphatic carbocycles. The Morgan fingerprint density at radius 2 is 2.10 bits per heavy atom. The van der Waals surface area contributed by atoms with Crippen LogP contribution in [0.4, 0.5) is 0 Å². The Bertz CT molecular complexity index is 586. The van der Waals surface area contributed by atoms with E-state index in [1.807, 2.05) is 18.3 Å². The number of thiazole rings is 1. The fraction of sp³-hybridized carbons (Fsp3) is 0.471. The van der Waals surface area contributed by atoms with Gasteiger partial charge in [0, 0.05) is 29.1 Å². The van der Waals surface area contributed by atoms with Crippen LogP contribution in [0.2, 0.25) is 0 Å². The summed E-state index contributed by atoms with van der Waals surface area (Å²) in [6.07, 6.45) is 1.98. The minimum atomic E-state index is 0.126. The zero-order valence-corrected chi connectivity index (χ0v) is 14.3. The standard InChI is InChI=1S/C17H24N2OS/c1-12(13-7-6-8-14(9-13)20-5)18-10-15-11-19-16(21-15)17(2,3)4/h6-9,11-12,18H,10H2,1-5H3/t12-/m0/s1. The van der Waals surface area contributed by atoms with Crippen molar-refractivity contribution in [2.24, 2.45) is 0 Å². The van der Waals surface area contributed by atoms with Crippen molar-refractivity contribution >= 4 is 11.3 Å². The third kappa shape index (κ3) is 4.29. The highest BCUT2D eigenvalue weighted by atomic mass is 32.1. The van der Waals surface area contributed by atoms with E-state index in [1.54, 1.807) is 18.4 Å². The summed E-state index contributed by atoms with van der Waals surface area (Å²) >= 11 is 1.79. The Kier molecular flexibility index (Phi) is 5.01. The normalized spacial score (nSPS) is 13.2. The molecule has 0 saturated heterocycles. The van der Waals surface area contributed by atoms with Gasteiger partial charge in [0.1, 0.15) is 5.75 Å². The van der Waals surface area contributed by atoms with Crippen LogP contribution in [0, 0.1) is 0 Å². The molecule has 1 atom stereocenters. The number of rotatable bonds is 5. The molecule has 0 saturated carbocycles. The average molecular weight is 304 g/mol. The maximum Gasteiger partial charge on any atom is 0.119 e. The Hall–Kier alpha value is -1.39. The van der Waals surface area contributed by atoms with Gasteiger partial charge in [-0.2, -0.15) is 0 Å². The van der Waals surface area contributed by atoms with E-state index in [1.165, 1.54) is 15.4 Å². The summed E-state index contributed by atoms with van der Waals surface area (Å²) in [6.45, 7) is 9.60. The SMILES string of the molecule is COc1cccc([C@H](C)NCc2cnc(C(C)(C)C)s2)c1. The van der Waals surface area contributed by atoms with Gasteiger partial charge in [0.25, 0.3) is 0 Å². The molecule has 1 aromatic carbocycles. The highest BCUT2D eigenvalue weighted by molar-refractivity contribution is 7.11. The molecule has 1 heterocycles. The van der Waals surface area contributed by atoms with Crippen molar-refractivity contribution in [2.45, 2.75) is 45.7 Å². The maximum absolute atomic E-state index is 5.27. The number of hydrogen-bond acceptors (Lipinski definition) is 4. The zero-order chi connectivity index (χ0) is 15.5. The lowest BCUT2D eigenvalue weighted by Gasteiger charge is -2.15. The number of ether oxygens (including phenoxy) is 1. The highest BCUT2D eigenvalue weighted by Crippen LogP contribution is 2.27. The lowest BCUT2D eigenvalue weighted by molar-refractivity contribution is 0.413. The van der Waals surface area contributed by atoms with Gasteiger partial charge >= 0.3 is 0 Å². The van der Waals surface area contributed by atoms with E-state index < -0.39 is 0 Å². The van der Waals surface area contributed by atoms with Crippen LogP contribution in [0.15, 0.2) is 30.5 Å². The van der Waals surface area contributed by atoms with Gasteiger partial charge in [-0.05, 0) is 24.6 Å². The topological polar surface area (TPSA) is 34.1 Å². The molecule has 2 aromatic rings. The smallest absolute Gasteiger partial charge is 0.119 e. The molecule has 0 aliphatic rings. The summed E-state index contributed by atoms with van der Waals surface area (Å²) in [5.41, 5.74) is 1.36. The van der Waals surface area contributed by atoms with Gasteiger partial charge in [0.2, 0.25) is 0 Å². The largest absolute Gasteiger partial charge is 0.497 e. The second kappa shape index (κ2) is 6.58.